The maximum atomic E-state index is 13.7. The third-order valence-electron chi connectivity index (χ3n) is 5.35. The number of alkyl halides is 3. The second kappa shape index (κ2) is 8.05. The zero-order chi connectivity index (χ0) is 21.3. The number of amides is 1. The SMILES string of the molecule is Cc1cc(C(=O)NCCCc2ccccn2)nc2c(C(F)(F)F)cc(C3CC3)cc12. The van der Waals surface area contributed by atoms with E-state index in [1.165, 1.54) is 6.07 Å². The third-order valence-corrected chi connectivity index (χ3v) is 5.35. The van der Waals surface area contributed by atoms with Crippen LogP contribution < -0.4 is 5.32 Å². The van der Waals surface area contributed by atoms with Crippen LogP contribution in [0.4, 0.5) is 13.2 Å². The Morgan fingerprint density at radius 3 is 2.67 bits per heavy atom. The molecule has 0 radical (unpaired) electrons. The van der Waals surface area contributed by atoms with E-state index in [4.69, 9.17) is 0 Å². The smallest absolute Gasteiger partial charge is 0.351 e. The fourth-order valence-electron chi connectivity index (χ4n) is 3.61. The predicted octanol–water partition coefficient (Wildman–Crippen LogP) is 5.20. The van der Waals surface area contributed by atoms with Crippen LogP contribution in [0.15, 0.2) is 42.6 Å². The van der Waals surface area contributed by atoms with Crippen molar-refractivity contribution in [3.8, 4) is 0 Å². The molecule has 1 amide bonds. The summed E-state index contributed by atoms with van der Waals surface area (Å²) in [5.41, 5.74) is 1.31. The first-order valence-electron chi connectivity index (χ1n) is 10.0. The van der Waals surface area contributed by atoms with Crippen molar-refractivity contribution in [2.75, 3.05) is 6.54 Å². The summed E-state index contributed by atoms with van der Waals surface area (Å²) in [4.78, 5) is 20.9. The second-order valence-corrected chi connectivity index (χ2v) is 7.74. The van der Waals surface area contributed by atoms with E-state index in [0.29, 0.717) is 35.9 Å². The highest BCUT2D eigenvalue weighted by Gasteiger charge is 2.36. The van der Waals surface area contributed by atoms with Crippen LogP contribution in [0.25, 0.3) is 10.9 Å². The molecule has 30 heavy (non-hydrogen) atoms. The summed E-state index contributed by atoms with van der Waals surface area (Å²) in [5, 5.41) is 3.21. The molecule has 0 saturated heterocycles. The summed E-state index contributed by atoms with van der Waals surface area (Å²) in [7, 11) is 0. The van der Waals surface area contributed by atoms with Crippen molar-refractivity contribution in [3.05, 3.63) is 70.7 Å². The minimum absolute atomic E-state index is 0.00232. The van der Waals surface area contributed by atoms with Crippen molar-refractivity contribution in [1.29, 1.82) is 0 Å². The quantitative estimate of drug-likeness (QED) is 0.566. The Balaban J connectivity index is 1.55. The molecule has 7 heteroatoms. The highest BCUT2D eigenvalue weighted by Crippen LogP contribution is 2.44. The number of carbonyl (C=O) groups is 1. The second-order valence-electron chi connectivity index (χ2n) is 7.74. The Kier molecular flexibility index (Phi) is 5.45. The highest BCUT2D eigenvalue weighted by atomic mass is 19.4. The number of hydrogen-bond acceptors (Lipinski definition) is 3. The van der Waals surface area contributed by atoms with Gasteiger partial charge in [0.1, 0.15) is 5.69 Å². The molecule has 1 aliphatic rings. The number of rotatable bonds is 6. The van der Waals surface area contributed by atoms with Crippen LogP contribution in [-0.2, 0) is 12.6 Å². The van der Waals surface area contributed by atoms with E-state index in [0.717, 1.165) is 18.5 Å². The van der Waals surface area contributed by atoms with Crippen LogP contribution in [0.2, 0.25) is 0 Å². The molecule has 4 rings (SSSR count). The number of aryl methyl sites for hydroxylation is 2. The molecule has 1 aromatic carbocycles. The van der Waals surface area contributed by atoms with Crippen molar-refractivity contribution < 1.29 is 18.0 Å². The predicted molar refractivity (Wildman–Crippen MR) is 108 cm³/mol. The molecule has 0 unspecified atom stereocenters. The van der Waals surface area contributed by atoms with Crippen LogP contribution in [0.3, 0.4) is 0 Å². The lowest BCUT2D eigenvalue weighted by Crippen LogP contribution is -2.26. The van der Waals surface area contributed by atoms with Gasteiger partial charge in [0, 0.05) is 23.8 Å². The van der Waals surface area contributed by atoms with Crippen molar-refractivity contribution in [2.24, 2.45) is 0 Å². The van der Waals surface area contributed by atoms with Gasteiger partial charge in [-0.2, -0.15) is 13.2 Å². The molecule has 1 saturated carbocycles. The van der Waals surface area contributed by atoms with Crippen LogP contribution in [0.1, 0.15) is 58.1 Å². The highest BCUT2D eigenvalue weighted by molar-refractivity contribution is 5.97. The van der Waals surface area contributed by atoms with E-state index >= 15 is 0 Å². The zero-order valence-electron chi connectivity index (χ0n) is 16.6. The summed E-state index contributed by atoms with van der Waals surface area (Å²) in [6, 6.07) is 10.2. The Labute approximate surface area is 172 Å². The van der Waals surface area contributed by atoms with E-state index in [1.54, 1.807) is 25.3 Å². The molecule has 0 aliphatic heterocycles. The van der Waals surface area contributed by atoms with Crippen LogP contribution >= 0.6 is 0 Å². The summed E-state index contributed by atoms with van der Waals surface area (Å²) in [6.07, 6.45) is 0.382. The number of benzene rings is 1. The fraction of sp³-hybridized carbons (Fsp3) is 0.348. The lowest BCUT2D eigenvalue weighted by atomic mass is 9.98. The largest absolute Gasteiger partial charge is 0.418 e. The molecule has 0 atom stereocenters. The van der Waals surface area contributed by atoms with E-state index < -0.39 is 17.6 Å². The fourth-order valence-corrected chi connectivity index (χ4v) is 3.61. The van der Waals surface area contributed by atoms with Gasteiger partial charge in [-0.1, -0.05) is 6.07 Å². The van der Waals surface area contributed by atoms with Gasteiger partial charge in [-0.15, -0.1) is 0 Å². The van der Waals surface area contributed by atoms with Crippen molar-refractivity contribution in [3.63, 3.8) is 0 Å². The number of nitrogens with zero attached hydrogens (tertiary/aromatic N) is 2. The normalized spacial score (nSPS) is 14.1. The number of aromatic nitrogens is 2. The minimum atomic E-state index is -4.53. The van der Waals surface area contributed by atoms with E-state index in [9.17, 15) is 18.0 Å². The Morgan fingerprint density at radius 2 is 2.00 bits per heavy atom. The van der Waals surface area contributed by atoms with Gasteiger partial charge in [0.2, 0.25) is 0 Å². The molecule has 1 aliphatic carbocycles. The molecule has 2 heterocycles. The van der Waals surface area contributed by atoms with Gasteiger partial charge in [0.05, 0.1) is 11.1 Å². The van der Waals surface area contributed by atoms with Gasteiger partial charge in [0.15, 0.2) is 0 Å². The maximum absolute atomic E-state index is 13.7. The molecule has 4 nitrogen and oxygen atoms in total. The zero-order valence-corrected chi connectivity index (χ0v) is 16.6. The molecule has 156 valence electrons. The van der Waals surface area contributed by atoms with Crippen LogP contribution in [-0.4, -0.2) is 22.4 Å². The standard InChI is InChI=1S/C23H22F3N3O/c1-14-11-20(22(30)28-10-4-6-17-5-2-3-9-27-17)29-21-18(14)12-16(15-7-8-15)13-19(21)23(24,25)26/h2-3,5,9,11-13,15H,4,6-8,10H2,1H3,(H,28,30). The minimum Gasteiger partial charge on any atom is -0.351 e. The number of fused-ring (bicyclic) bond motifs is 1. The average molecular weight is 413 g/mol. The summed E-state index contributed by atoms with van der Waals surface area (Å²) < 4.78 is 41.1. The summed E-state index contributed by atoms with van der Waals surface area (Å²) in [6.45, 7) is 2.11. The average Bonchev–Trinajstić information content (AvgIpc) is 3.56. The molecule has 0 spiro atoms. The van der Waals surface area contributed by atoms with Crippen molar-refractivity contribution in [2.45, 2.75) is 44.7 Å². The van der Waals surface area contributed by atoms with Crippen molar-refractivity contribution in [1.82, 2.24) is 15.3 Å². The first-order valence-corrected chi connectivity index (χ1v) is 10.0. The first-order chi connectivity index (χ1) is 14.3. The topological polar surface area (TPSA) is 54.9 Å². The Bertz CT molecular complexity index is 1080. The van der Waals surface area contributed by atoms with Crippen LogP contribution in [0, 0.1) is 6.92 Å². The number of pyridine rings is 2. The lowest BCUT2D eigenvalue weighted by Gasteiger charge is -2.15. The molecular weight excluding hydrogens is 391 g/mol. The Hall–Kier alpha value is -2.96. The maximum Gasteiger partial charge on any atom is 0.418 e. The van der Waals surface area contributed by atoms with E-state index in [-0.39, 0.29) is 17.1 Å². The molecule has 1 fully saturated rings. The first kappa shape index (κ1) is 20.3. The van der Waals surface area contributed by atoms with E-state index in [2.05, 4.69) is 15.3 Å². The lowest BCUT2D eigenvalue weighted by molar-refractivity contribution is -0.136. The molecule has 1 N–H and O–H groups in total. The van der Waals surface area contributed by atoms with E-state index in [1.807, 2.05) is 18.2 Å². The van der Waals surface area contributed by atoms with Gasteiger partial charge in [-0.05, 0) is 80.0 Å². The van der Waals surface area contributed by atoms with Gasteiger partial charge < -0.3 is 5.32 Å². The number of nitrogens with one attached hydrogen (secondary N) is 1. The number of carbonyl (C=O) groups excluding carboxylic acids is 1. The van der Waals surface area contributed by atoms with Gasteiger partial charge in [-0.3, -0.25) is 9.78 Å². The van der Waals surface area contributed by atoms with Crippen molar-refractivity contribution >= 4 is 16.8 Å². The molecule has 0 bridgehead atoms. The van der Waals surface area contributed by atoms with Gasteiger partial charge >= 0.3 is 6.18 Å². The number of halogens is 3. The molecular formula is C23H22F3N3O. The summed E-state index contributed by atoms with van der Waals surface area (Å²) in [5.74, 6) is -0.280. The monoisotopic (exact) mass is 413 g/mol. The number of hydrogen-bond donors (Lipinski definition) is 1. The van der Waals surface area contributed by atoms with Crippen LogP contribution in [0.5, 0.6) is 0 Å². The summed E-state index contributed by atoms with van der Waals surface area (Å²) >= 11 is 0. The third kappa shape index (κ3) is 4.45. The molecule has 3 aromatic rings. The van der Waals surface area contributed by atoms with Gasteiger partial charge in [0.25, 0.3) is 5.91 Å². The molecule has 2 aromatic heterocycles. The Morgan fingerprint density at radius 1 is 1.20 bits per heavy atom. The van der Waals surface area contributed by atoms with Gasteiger partial charge in [-0.25, -0.2) is 4.98 Å².